The zero-order chi connectivity index (χ0) is 35.4. The number of ether oxygens (including phenoxy) is 1. The van der Waals surface area contributed by atoms with E-state index in [9.17, 15) is 29.1 Å². The van der Waals surface area contributed by atoms with E-state index in [4.69, 9.17) is 10.5 Å². The number of hydrogen-bond acceptors (Lipinski definition) is 11. The lowest BCUT2D eigenvalue weighted by Crippen LogP contribution is -2.64. The Bertz CT molecular complexity index is 1700. The summed E-state index contributed by atoms with van der Waals surface area (Å²) in [5.41, 5.74) is 5.17. The number of nitrogens with two attached hydrogens (primary N) is 1. The molecule has 0 radical (unpaired) electrons. The minimum Gasteiger partial charge on any atom is -0.393 e. The Balaban J connectivity index is 1.32. The van der Waals surface area contributed by atoms with Gasteiger partial charge in [0.1, 0.15) is 17.6 Å². The first-order valence-corrected chi connectivity index (χ1v) is 18.1. The summed E-state index contributed by atoms with van der Waals surface area (Å²) in [6, 6.07) is 4.89. The quantitative estimate of drug-likeness (QED) is 0.199. The number of thiazole rings is 1. The van der Waals surface area contributed by atoms with Gasteiger partial charge in [-0.25, -0.2) is 9.67 Å². The van der Waals surface area contributed by atoms with E-state index in [1.807, 2.05) is 24.3 Å². The highest BCUT2D eigenvalue weighted by atomic mass is 32.1. The highest BCUT2D eigenvalue weighted by Gasteiger charge is 2.49. The standard InChI is InChI=1S/C34H44N8O7S/c1-20(43)15-22-18-36-40-42(22)23-17-26(30(46)39-34(28(44)29(35)45)11-13-49-14-12-34)41(19-23)33(48)25(16-21-7-3-2-4-8-21)37-31(47)32-38-24-9-5-6-10-27(24)50-32/h5-6,9-10,18,20-21,23,25-26,43H,2-4,7-8,11-17,19H2,1H3,(H2,35,45)(H,37,47)(H,39,46)/t20?,23-,25?,26-/m0/s1. The van der Waals surface area contributed by atoms with Crippen LogP contribution in [-0.2, 0) is 30.3 Å². The number of Topliss-reactive ketones (excluding diaryl/α,β-unsaturated/α-hetero) is 1. The maximum absolute atomic E-state index is 14.7. The highest BCUT2D eigenvalue weighted by molar-refractivity contribution is 7.20. The van der Waals surface area contributed by atoms with Crippen molar-refractivity contribution in [3.63, 3.8) is 0 Å². The van der Waals surface area contributed by atoms with Crippen molar-refractivity contribution in [3.8, 4) is 0 Å². The Hall–Kier alpha value is -4.28. The number of carbonyl (C=O) groups excluding carboxylic acids is 5. The van der Waals surface area contributed by atoms with Crippen molar-refractivity contribution in [2.24, 2.45) is 11.7 Å². The zero-order valence-electron chi connectivity index (χ0n) is 28.1. The first-order chi connectivity index (χ1) is 24.0. The lowest BCUT2D eigenvalue weighted by atomic mass is 9.84. The average Bonchev–Trinajstić information content (AvgIpc) is 3.86. The van der Waals surface area contributed by atoms with Gasteiger partial charge in [-0.05, 0) is 31.4 Å². The summed E-state index contributed by atoms with van der Waals surface area (Å²) < 4.78 is 7.89. The van der Waals surface area contributed by atoms with E-state index in [0.717, 1.165) is 36.8 Å². The van der Waals surface area contributed by atoms with Crippen LogP contribution in [0.5, 0.6) is 0 Å². The number of para-hydroxylation sites is 1. The number of fused-ring (bicyclic) bond motifs is 1. The van der Waals surface area contributed by atoms with Gasteiger partial charge in [-0.15, -0.1) is 16.4 Å². The Morgan fingerprint density at radius 3 is 2.56 bits per heavy atom. The molecular weight excluding hydrogens is 664 g/mol. The first kappa shape index (κ1) is 35.5. The molecule has 1 saturated carbocycles. The molecule has 3 aromatic rings. The fourth-order valence-corrected chi connectivity index (χ4v) is 8.42. The molecule has 2 aliphatic heterocycles. The molecular formula is C34H44N8O7S. The van der Waals surface area contributed by atoms with Gasteiger partial charge in [0.25, 0.3) is 11.8 Å². The number of hydrogen-bond donors (Lipinski definition) is 4. The summed E-state index contributed by atoms with van der Waals surface area (Å²) in [6.07, 6.45) is 6.76. The second kappa shape index (κ2) is 15.3. The number of aliphatic hydroxyl groups excluding tert-OH is 1. The van der Waals surface area contributed by atoms with Crippen LogP contribution < -0.4 is 16.4 Å². The summed E-state index contributed by atoms with van der Waals surface area (Å²) in [7, 11) is 0. The van der Waals surface area contributed by atoms with Crippen molar-refractivity contribution in [2.75, 3.05) is 19.8 Å². The minimum atomic E-state index is -1.57. The van der Waals surface area contributed by atoms with Gasteiger partial charge in [0.15, 0.2) is 5.01 Å². The van der Waals surface area contributed by atoms with Crippen LogP contribution >= 0.6 is 11.3 Å². The Morgan fingerprint density at radius 1 is 1.12 bits per heavy atom. The number of rotatable bonds is 12. The molecule has 50 heavy (non-hydrogen) atoms. The SMILES string of the molecule is CC(O)Cc1cnnn1[C@H]1C[C@@H](C(=O)NC2(C(=O)C(N)=O)CCOCC2)N(C(=O)C(CC2CCCCC2)NC(=O)c2nc3ccccc3s2)C1. The van der Waals surface area contributed by atoms with Gasteiger partial charge >= 0.3 is 0 Å². The number of ketones is 1. The second-order valence-corrected chi connectivity index (χ2v) is 14.8. The van der Waals surface area contributed by atoms with Crippen LogP contribution in [0.2, 0.25) is 0 Å². The Morgan fingerprint density at radius 2 is 1.86 bits per heavy atom. The van der Waals surface area contributed by atoms with Crippen molar-refractivity contribution in [3.05, 3.63) is 41.2 Å². The second-order valence-electron chi connectivity index (χ2n) is 13.7. The topological polar surface area (TPSA) is 212 Å². The van der Waals surface area contributed by atoms with E-state index < -0.39 is 59.2 Å². The van der Waals surface area contributed by atoms with Crippen LogP contribution in [0.1, 0.15) is 86.2 Å². The van der Waals surface area contributed by atoms with Crippen LogP contribution in [0.3, 0.4) is 0 Å². The van der Waals surface area contributed by atoms with E-state index in [2.05, 4.69) is 25.9 Å². The van der Waals surface area contributed by atoms with Crippen molar-refractivity contribution in [2.45, 2.75) is 101 Å². The van der Waals surface area contributed by atoms with Crippen LogP contribution in [0, 0.1) is 5.92 Å². The fraction of sp³-hybridized carbons (Fsp3) is 0.588. The number of benzene rings is 1. The van der Waals surface area contributed by atoms with Gasteiger partial charge in [-0.2, -0.15) is 0 Å². The third-order valence-electron chi connectivity index (χ3n) is 10.1. The molecule has 6 rings (SSSR count). The predicted molar refractivity (Wildman–Crippen MR) is 182 cm³/mol. The Kier molecular flexibility index (Phi) is 10.9. The van der Waals surface area contributed by atoms with Crippen molar-refractivity contribution < 1.29 is 33.8 Å². The highest BCUT2D eigenvalue weighted by Crippen LogP contribution is 2.33. The molecule has 5 N–H and O–H groups in total. The maximum atomic E-state index is 14.7. The molecule has 2 unspecified atom stereocenters. The number of aliphatic hydroxyl groups is 1. The van der Waals surface area contributed by atoms with Gasteiger partial charge in [0, 0.05) is 45.4 Å². The van der Waals surface area contributed by atoms with E-state index in [1.54, 1.807) is 17.8 Å². The number of primary amides is 1. The zero-order valence-corrected chi connectivity index (χ0v) is 28.9. The van der Waals surface area contributed by atoms with Crippen molar-refractivity contribution in [1.82, 2.24) is 35.5 Å². The fourth-order valence-electron chi connectivity index (χ4n) is 7.56. The maximum Gasteiger partial charge on any atom is 0.287 e. The molecule has 1 aliphatic carbocycles. The smallest absolute Gasteiger partial charge is 0.287 e. The van der Waals surface area contributed by atoms with Crippen LogP contribution in [-0.4, -0.2) is 103 Å². The molecule has 0 spiro atoms. The molecule has 4 heterocycles. The molecule has 4 amide bonds. The number of amides is 4. The number of aromatic nitrogens is 4. The molecule has 4 atom stereocenters. The molecule has 2 aromatic heterocycles. The molecule has 0 bridgehead atoms. The normalized spacial score (nSPS) is 22.2. The molecule has 1 aromatic carbocycles. The lowest BCUT2D eigenvalue weighted by Gasteiger charge is -2.37. The molecule has 2 saturated heterocycles. The van der Waals surface area contributed by atoms with Gasteiger partial charge in [-0.1, -0.05) is 49.5 Å². The third-order valence-corrected chi connectivity index (χ3v) is 11.2. The minimum absolute atomic E-state index is 0.0503. The predicted octanol–water partition coefficient (Wildman–Crippen LogP) is 1.44. The number of carbonyl (C=O) groups is 5. The lowest BCUT2D eigenvalue weighted by molar-refractivity contribution is -0.147. The molecule has 16 heteroatoms. The summed E-state index contributed by atoms with van der Waals surface area (Å²) in [5.74, 6) is -3.42. The summed E-state index contributed by atoms with van der Waals surface area (Å²) >= 11 is 1.24. The number of nitrogens with one attached hydrogen (secondary N) is 2. The van der Waals surface area contributed by atoms with Crippen LogP contribution in [0.15, 0.2) is 30.5 Å². The third kappa shape index (κ3) is 7.71. The van der Waals surface area contributed by atoms with E-state index in [1.165, 1.54) is 16.2 Å². The largest absolute Gasteiger partial charge is 0.393 e. The van der Waals surface area contributed by atoms with Gasteiger partial charge in [0.05, 0.1) is 34.3 Å². The molecule has 3 fully saturated rings. The van der Waals surface area contributed by atoms with E-state index in [0.29, 0.717) is 17.6 Å². The summed E-state index contributed by atoms with van der Waals surface area (Å²) in [6.45, 7) is 1.98. The van der Waals surface area contributed by atoms with Crippen molar-refractivity contribution >= 4 is 51.0 Å². The summed E-state index contributed by atoms with van der Waals surface area (Å²) in [5, 5.41) is 24.4. The van der Waals surface area contributed by atoms with Gasteiger partial charge in [-0.3, -0.25) is 24.0 Å². The molecule has 268 valence electrons. The van der Waals surface area contributed by atoms with Gasteiger partial charge < -0.3 is 31.1 Å². The summed E-state index contributed by atoms with van der Waals surface area (Å²) in [4.78, 5) is 73.8. The monoisotopic (exact) mass is 708 g/mol. The van der Waals surface area contributed by atoms with Crippen LogP contribution in [0.4, 0.5) is 0 Å². The average molecular weight is 709 g/mol. The van der Waals surface area contributed by atoms with E-state index in [-0.39, 0.29) is 56.4 Å². The molecule has 15 nitrogen and oxygen atoms in total. The van der Waals surface area contributed by atoms with Crippen molar-refractivity contribution in [1.29, 1.82) is 0 Å². The van der Waals surface area contributed by atoms with E-state index >= 15 is 0 Å². The van der Waals surface area contributed by atoms with Gasteiger partial charge in [0.2, 0.25) is 17.6 Å². The Labute approximate surface area is 293 Å². The van der Waals surface area contributed by atoms with Crippen LogP contribution in [0.25, 0.3) is 10.2 Å². The number of nitrogens with zero attached hydrogens (tertiary/aromatic N) is 5. The molecule has 3 aliphatic rings. The first-order valence-electron chi connectivity index (χ1n) is 17.3. The number of likely N-dealkylation sites (tertiary alicyclic amines) is 1.